The molecule has 6 heteroatoms. The van der Waals surface area contributed by atoms with Crippen molar-refractivity contribution >= 4 is 17.7 Å². The third kappa shape index (κ3) is 3.94. The largest absolute Gasteiger partial charge is 0.444 e. The van der Waals surface area contributed by atoms with Crippen molar-refractivity contribution in [1.82, 2.24) is 9.88 Å². The van der Waals surface area contributed by atoms with Crippen LogP contribution in [0.5, 0.6) is 0 Å². The van der Waals surface area contributed by atoms with Crippen molar-refractivity contribution in [2.75, 3.05) is 31.1 Å². The fourth-order valence-corrected chi connectivity index (χ4v) is 3.53. The molecule has 0 bridgehead atoms. The van der Waals surface area contributed by atoms with Gasteiger partial charge in [-0.25, -0.2) is 9.78 Å². The van der Waals surface area contributed by atoms with Crippen LogP contribution in [0, 0.1) is 5.41 Å². The Hall–Kier alpha value is -2.11. The molecule has 1 aromatic heterocycles. The third-order valence-electron chi connectivity index (χ3n) is 5.01. The van der Waals surface area contributed by atoms with Crippen molar-refractivity contribution in [1.29, 1.82) is 0 Å². The lowest BCUT2D eigenvalue weighted by Crippen LogP contribution is -2.62. The van der Waals surface area contributed by atoms with Gasteiger partial charge in [-0.1, -0.05) is 0 Å². The van der Waals surface area contributed by atoms with Crippen molar-refractivity contribution in [3.63, 3.8) is 0 Å². The molecule has 1 spiro atoms. The second-order valence-electron chi connectivity index (χ2n) is 8.28. The minimum atomic E-state index is -0.444. The van der Waals surface area contributed by atoms with Gasteiger partial charge in [-0.2, -0.15) is 0 Å². The Morgan fingerprint density at radius 2 is 1.80 bits per heavy atom. The number of rotatable bonds is 2. The van der Waals surface area contributed by atoms with Crippen LogP contribution in [0.25, 0.3) is 0 Å². The minimum Gasteiger partial charge on any atom is -0.444 e. The lowest BCUT2D eigenvalue weighted by molar-refractivity contribution is -0.0434. The summed E-state index contributed by atoms with van der Waals surface area (Å²) < 4.78 is 5.44. The van der Waals surface area contributed by atoms with Crippen molar-refractivity contribution in [3.05, 3.63) is 23.9 Å². The van der Waals surface area contributed by atoms with Gasteiger partial charge in [0, 0.05) is 43.4 Å². The summed E-state index contributed by atoms with van der Waals surface area (Å²) in [5.74, 6) is 0.955. The molecule has 0 unspecified atom stereocenters. The molecule has 0 atom stereocenters. The van der Waals surface area contributed by atoms with E-state index in [1.165, 1.54) is 0 Å². The van der Waals surface area contributed by atoms with Gasteiger partial charge in [0.15, 0.2) is 5.78 Å². The Morgan fingerprint density at radius 1 is 1.16 bits per heavy atom. The number of ketones is 1. The van der Waals surface area contributed by atoms with E-state index in [1.54, 1.807) is 18.0 Å². The summed E-state index contributed by atoms with van der Waals surface area (Å²) in [4.78, 5) is 31.9. The quantitative estimate of drug-likeness (QED) is 0.771. The summed E-state index contributed by atoms with van der Waals surface area (Å²) in [7, 11) is 0. The van der Waals surface area contributed by atoms with Gasteiger partial charge in [0.05, 0.1) is 0 Å². The summed E-state index contributed by atoms with van der Waals surface area (Å²) >= 11 is 0. The number of anilines is 1. The van der Waals surface area contributed by atoms with Gasteiger partial charge in [0.2, 0.25) is 0 Å². The van der Waals surface area contributed by atoms with E-state index in [0.717, 1.165) is 44.8 Å². The van der Waals surface area contributed by atoms with Gasteiger partial charge >= 0.3 is 6.09 Å². The molecular formula is C19H27N3O3. The van der Waals surface area contributed by atoms with E-state index < -0.39 is 5.60 Å². The average molecular weight is 345 g/mol. The molecule has 25 heavy (non-hydrogen) atoms. The van der Waals surface area contributed by atoms with Crippen molar-refractivity contribution < 1.29 is 14.3 Å². The van der Waals surface area contributed by atoms with Crippen LogP contribution < -0.4 is 4.90 Å². The third-order valence-corrected chi connectivity index (χ3v) is 5.01. The number of carbonyl (C=O) groups excluding carboxylic acids is 2. The first-order chi connectivity index (χ1) is 11.7. The molecule has 2 aliphatic rings. The van der Waals surface area contributed by atoms with Gasteiger partial charge in [-0.05, 0) is 52.7 Å². The molecule has 1 amide bonds. The first kappa shape index (κ1) is 17.7. The Labute approximate surface area is 149 Å². The number of Topliss-reactive ketones (excluding diaryl/α,β-unsaturated/α-hetero) is 1. The van der Waals surface area contributed by atoms with Gasteiger partial charge in [-0.15, -0.1) is 0 Å². The number of hydrogen-bond donors (Lipinski definition) is 0. The highest BCUT2D eigenvalue weighted by Gasteiger charge is 2.47. The molecule has 3 heterocycles. The fourth-order valence-electron chi connectivity index (χ4n) is 3.53. The summed E-state index contributed by atoms with van der Waals surface area (Å²) in [5, 5.41) is 0. The van der Waals surface area contributed by atoms with Crippen LogP contribution in [0.3, 0.4) is 0 Å². The molecule has 0 saturated carbocycles. The molecule has 0 aliphatic carbocycles. The van der Waals surface area contributed by atoms with Crippen LogP contribution in [-0.4, -0.2) is 53.5 Å². The number of nitrogens with zero attached hydrogens (tertiary/aromatic N) is 3. The Morgan fingerprint density at radius 3 is 2.28 bits per heavy atom. The minimum absolute atomic E-state index is 0.0355. The maximum absolute atomic E-state index is 12.1. The predicted octanol–water partition coefficient (Wildman–Crippen LogP) is 3.12. The lowest BCUT2D eigenvalue weighted by atomic mass is 9.72. The summed E-state index contributed by atoms with van der Waals surface area (Å²) in [5.41, 5.74) is 0.428. The topological polar surface area (TPSA) is 62.7 Å². The van der Waals surface area contributed by atoms with E-state index in [9.17, 15) is 9.59 Å². The van der Waals surface area contributed by atoms with E-state index in [-0.39, 0.29) is 17.3 Å². The second kappa shape index (κ2) is 6.32. The molecule has 2 saturated heterocycles. The number of aromatic nitrogens is 1. The average Bonchev–Trinajstić information content (AvgIpc) is 2.51. The number of pyridine rings is 1. The van der Waals surface area contributed by atoms with Crippen LogP contribution in [0.1, 0.15) is 50.9 Å². The highest BCUT2D eigenvalue weighted by atomic mass is 16.6. The van der Waals surface area contributed by atoms with Crippen LogP contribution in [0.2, 0.25) is 0 Å². The Kier molecular flexibility index (Phi) is 4.47. The molecule has 2 fully saturated rings. The fraction of sp³-hybridized carbons (Fsp3) is 0.632. The summed E-state index contributed by atoms with van der Waals surface area (Å²) in [6.07, 6.45) is 3.53. The number of piperidine rings is 1. The van der Waals surface area contributed by atoms with E-state index in [4.69, 9.17) is 4.74 Å². The van der Waals surface area contributed by atoms with Gasteiger partial charge < -0.3 is 14.5 Å². The van der Waals surface area contributed by atoms with E-state index in [1.807, 2.05) is 32.9 Å². The van der Waals surface area contributed by atoms with Crippen LogP contribution in [-0.2, 0) is 4.74 Å². The second-order valence-corrected chi connectivity index (χ2v) is 8.28. The maximum atomic E-state index is 12.1. The normalized spacial score (nSPS) is 19.5. The van der Waals surface area contributed by atoms with Gasteiger partial charge in [-0.3, -0.25) is 4.79 Å². The van der Waals surface area contributed by atoms with E-state index >= 15 is 0 Å². The molecule has 6 nitrogen and oxygen atoms in total. The Balaban J connectivity index is 1.51. The predicted molar refractivity (Wildman–Crippen MR) is 95.9 cm³/mol. The zero-order valence-corrected chi connectivity index (χ0v) is 15.5. The number of ether oxygens (including phenoxy) is 1. The first-order valence-corrected chi connectivity index (χ1v) is 8.87. The van der Waals surface area contributed by atoms with Gasteiger partial charge in [0.1, 0.15) is 11.4 Å². The molecule has 0 N–H and O–H groups in total. The monoisotopic (exact) mass is 345 g/mol. The SMILES string of the molecule is CC(=O)c1ccc(N2CCC3(CC2)CN(C(=O)OC(C)(C)C)C3)nc1. The lowest BCUT2D eigenvalue weighted by Gasteiger charge is -2.53. The highest BCUT2D eigenvalue weighted by Crippen LogP contribution is 2.41. The molecule has 0 aromatic carbocycles. The maximum Gasteiger partial charge on any atom is 0.410 e. The molecule has 3 rings (SSSR count). The molecule has 1 aromatic rings. The standard InChI is InChI=1S/C19H27N3O3/c1-14(23)15-5-6-16(20-11-15)21-9-7-19(8-10-21)12-22(13-19)17(24)25-18(2,3)4/h5-6,11H,7-10,12-13H2,1-4H3. The zero-order chi connectivity index (χ0) is 18.2. The van der Waals surface area contributed by atoms with Crippen molar-refractivity contribution in [3.8, 4) is 0 Å². The molecular weight excluding hydrogens is 318 g/mol. The molecule has 0 radical (unpaired) electrons. The van der Waals surface area contributed by atoms with Gasteiger partial charge in [0.25, 0.3) is 0 Å². The number of hydrogen-bond acceptors (Lipinski definition) is 5. The summed E-state index contributed by atoms with van der Waals surface area (Å²) in [6.45, 7) is 10.6. The molecule has 2 aliphatic heterocycles. The Bertz CT molecular complexity index is 647. The number of amides is 1. The smallest absolute Gasteiger partial charge is 0.410 e. The van der Waals surface area contributed by atoms with E-state index in [2.05, 4.69) is 9.88 Å². The van der Waals surface area contributed by atoms with Crippen LogP contribution >= 0.6 is 0 Å². The number of carbonyl (C=O) groups is 2. The number of likely N-dealkylation sites (tertiary alicyclic amines) is 1. The summed E-state index contributed by atoms with van der Waals surface area (Å²) in [6, 6.07) is 3.76. The van der Waals surface area contributed by atoms with Crippen LogP contribution in [0.4, 0.5) is 10.6 Å². The van der Waals surface area contributed by atoms with Crippen molar-refractivity contribution in [2.45, 2.75) is 46.1 Å². The van der Waals surface area contributed by atoms with Crippen molar-refractivity contribution in [2.24, 2.45) is 5.41 Å². The first-order valence-electron chi connectivity index (χ1n) is 8.87. The van der Waals surface area contributed by atoms with E-state index in [0.29, 0.717) is 5.56 Å². The molecule has 136 valence electrons. The zero-order valence-electron chi connectivity index (χ0n) is 15.5. The van der Waals surface area contributed by atoms with Crippen LogP contribution in [0.15, 0.2) is 18.3 Å². The highest BCUT2D eigenvalue weighted by molar-refractivity contribution is 5.93.